The van der Waals surface area contributed by atoms with Crippen molar-refractivity contribution >= 4 is 99.3 Å². The van der Waals surface area contributed by atoms with Crippen LogP contribution < -0.4 is 26.2 Å². The highest BCUT2D eigenvalue weighted by Gasteiger charge is 2.46. The number of alkyl carbamates (subject to hydrolysis) is 1. The quantitative estimate of drug-likeness (QED) is 0.00524. The van der Waals surface area contributed by atoms with Gasteiger partial charge in [-0.3, -0.25) is 37.4 Å². The molecule has 616 valence electrons. The van der Waals surface area contributed by atoms with Gasteiger partial charge in [0.1, 0.15) is 43.3 Å². The van der Waals surface area contributed by atoms with Crippen LogP contribution in [-0.2, 0) is 97.6 Å². The van der Waals surface area contributed by atoms with Gasteiger partial charge in [-0.15, -0.1) is 0 Å². The first kappa shape index (κ1) is 88.9. The molecule has 0 saturated carbocycles. The molecule has 5 heterocycles. The maximum absolute atomic E-state index is 14.0. The first-order valence-electron chi connectivity index (χ1n) is 36.5. The monoisotopic (exact) mass is 1650 g/mol. The molecule has 0 bridgehead atoms. The summed E-state index contributed by atoms with van der Waals surface area (Å²) in [4.78, 5) is 102. The molecule has 8 rings (SSSR count). The van der Waals surface area contributed by atoms with E-state index >= 15 is 0 Å². The van der Waals surface area contributed by atoms with Crippen molar-refractivity contribution in [2.75, 3.05) is 82.6 Å². The number of hydrogen-bond donors (Lipinski definition) is 7. The number of hydrogen-bond acceptors (Lipinski definition) is 23. The molecule has 3 aliphatic rings. The van der Waals surface area contributed by atoms with Crippen LogP contribution in [0, 0.1) is 5.82 Å². The highest BCUT2D eigenvalue weighted by molar-refractivity contribution is 7.86. The minimum absolute atomic E-state index is 0.00407. The number of unbranched alkanes of at least 4 members (excludes halogenated alkanes) is 3. The number of carbonyl (C=O) groups is 7. The number of imidazole rings is 2. The van der Waals surface area contributed by atoms with Gasteiger partial charge in [0.25, 0.3) is 36.3 Å². The number of fused-ring (bicyclic) bond motifs is 5. The average molecular weight is 1650 g/mol. The van der Waals surface area contributed by atoms with Crippen LogP contribution in [0.4, 0.5) is 25.4 Å². The van der Waals surface area contributed by atoms with Crippen molar-refractivity contribution in [3.63, 3.8) is 0 Å². The predicted octanol–water partition coefficient (Wildman–Crippen LogP) is 6.89. The number of nitrogens with one attached hydrogen (secondary N) is 4. The molecule has 5 aromatic rings. The molecule has 5 amide bonds. The maximum atomic E-state index is 14.0. The van der Waals surface area contributed by atoms with E-state index in [1.54, 1.807) is 79.0 Å². The van der Waals surface area contributed by atoms with E-state index in [4.69, 9.17) is 18.9 Å². The van der Waals surface area contributed by atoms with Crippen LogP contribution in [-0.4, -0.2) is 217 Å². The van der Waals surface area contributed by atoms with Crippen molar-refractivity contribution < 1.29 is 113 Å². The number of esters is 1. The van der Waals surface area contributed by atoms with Crippen molar-refractivity contribution in [3.05, 3.63) is 149 Å². The first-order chi connectivity index (χ1) is 53.0. The summed E-state index contributed by atoms with van der Waals surface area (Å²) in [5.74, 6) is -4.34. The zero-order valence-corrected chi connectivity index (χ0v) is 67.0. The van der Waals surface area contributed by atoms with Gasteiger partial charge >= 0.3 is 18.2 Å². The van der Waals surface area contributed by atoms with Crippen LogP contribution in [0.1, 0.15) is 162 Å². The fraction of sp³-hybridized carbons (Fsp3) is 0.486. The number of carbonyl (C=O) groups excluding carboxylic acids is 7. The van der Waals surface area contributed by atoms with E-state index in [0.717, 1.165) is 10.6 Å². The second kappa shape index (κ2) is 38.5. The molecule has 39 heteroatoms. The van der Waals surface area contributed by atoms with Crippen LogP contribution in [0.5, 0.6) is 0 Å². The Morgan fingerprint density at radius 2 is 1.43 bits per heavy atom. The Bertz CT molecular complexity index is 4970. The number of anilines is 1. The molecule has 34 nitrogen and oxygen atoms in total. The lowest BCUT2D eigenvalue weighted by molar-refractivity contribution is -0.437. The second-order valence-electron chi connectivity index (χ2n) is 29.0. The number of ether oxygens (including phenoxy) is 4. The van der Waals surface area contributed by atoms with E-state index in [9.17, 15) is 89.8 Å². The molecule has 3 aromatic carbocycles. The van der Waals surface area contributed by atoms with E-state index in [-0.39, 0.29) is 133 Å². The van der Waals surface area contributed by atoms with Crippen molar-refractivity contribution in [2.45, 2.75) is 164 Å². The molecule has 113 heavy (non-hydrogen) atoms. The Morgan fingerprint density at radius 1 is 0.726 bits per heavy atom. The number of aryl methyl sites for hydroxylation is 1. The fourth-order valence-electron chi connectivity index (χ4n) is 13.4. The van der Waals surface area contributed by atoms with Gasteiger partial charge in [0, 0.05) is 98.9 Å². The highest BCUT2D eigenvalue weighted by Crippen LogP contribution is 2.52. The summed E-state index contributed by atoms with van der Waals surface area (Å²) in [5, 5.41) is 11.0. The van der Waals surface area contributed by atoms with Crippen LogP contribution in [0.2, 0.25) is 0 Å². The fourth-order valence-corrected chi connectivity index (χ4v) is 15.3. The molecule has 3 aliphatic heterocycles. The van der Waals surface area contributed by atoms with Gasteiger partial charge in [-0.25, -0.2) is 41.7 Å². The SMILES string of the molecule is CN1Cc2c(C(=O)OCCCNC(=O)CCc3cn(C(=O)OCCOCCNC(=O)C(CCCCNC(=O)OC(C)(C)C)NC(=O)CCCCCC4(C)\C(=C/C=C/C=C/C5=[N+](CCCS(=O)(=O)O)c6ccc(S(=O)(=O)O)cc6C5(C)C)N(CCCS(=O)(=O)[O-])c5ccc(S(=O)(=O)O)cc54)cn3)ncn2-c2ccc(F)cc2C1=O. The Kier molecular flexibility index (Phi) is 30.3. The van der Waals surface area contributed by atoms with Crippen LogP contribution >= 0.6 is 0 Å². The summed E-state index contributed by atoms with van der Waals surface area (Å²) in [7, 11) is -16.9. The summed E-state index contributed by atoms with van der Waals surface area (Å²) < 4.78 is 179. The Labute approximate surface area is 655 Å². The van der Waals surface area contributed by atoms with Gasteiger partial charge in [-0.1, -0.05) is 31.1 Å². The van der Waals surface area contributed by atoms with E-state index in [2.05, 4.69) is 31.2 Å². The number of nitrogens with zero attached hydrogens (tertiary/aromatic N) is 7. The Balaban J connectivity index is 0.820. The van der Waals surface area contributed by atoms with E-state index in [1.165, 1.54) is 79.3 Å². The molecule has 0 fully saturated rings. The topological polar surface area (TPSA) is 470 Å². The number of allylic oxidation sites excluding steroid dienone is 6. The summed E-state index contributed by atoms with van der Waals surface area (Å²) in [5.41, 5.74) is 1.65. The Hall–Kier alpha value is -9.61. The lowest BCUT2D eigenvalue weighted by Gasteiger charge is -2.30. The number of benzene rings is 3. The smallest absolute Gasteiger partial charge is 0.419 e. The first-order valence-corrected chi connectivity index (χ1v) is 42.6. The van der Waals surface area contributed by atoms with Crippen LogP contribution in [0.3, 0.4) is 0 Å². The summed E-state index contributed by atoms with van der Waals surface area (Å²) in [6, 6.07) is 10.8. The maximum Gasteiger partial charge on any atom is 0.419 e. The minimum Gasteiger partial charge on any atom is -0.748 e. The number of rotatable bonds is 40. The van der Waals surface area contributed by atoms with E-state index in [1.807, 2.05) is 6.92 Å². The molecule has 0 spiro atoms. The second-order valence-corrected chi connectivity index (χ2v) is 34.9. The number of halogens is 1. The van der Waals surface area contributed by atoms with Gasteiger partial charge in [0.05, 0.1) is 80.1 Å². The standard InChI is InChI=1S/C74H96FN11O23S4/c1-72(2,3)109-70(92)78-32-15-13-19-57(67(89)77-34-38-106-39-40-108-71(93)83-46-51(79-48-83)24-30-64(87)76-33-16-37-107-69(91)66-61-47-82(7)68(90)54-43-50(75)23-27-58(54)86(61)49-80-66)81-65(88)22-12-9-14-31-74(6)56-45-53(113(103,104)105)26-29-60(56)85(36-18-42-111(97,98)99)63(74)21-11-8-10-20-62-73(4,5)55-44-52(112(100,101)102)25-28-59(55)84(62)35-17-41-110(94,95)96/h8,10-11,20-21,23,25-29,43-46,48-49,57H,9,12-19,22,24,30-42,47H2,1-7H3,(H7-,76,77,78,81,87,88,89,92,94,95,96,97,98,99,100,101,102,103,104,105). The lowest BCUT2D eigenvalue weighted by atomic mass is 9.77. The van der Waals surface area contributed by atoms with Crippen molar-refractivity contribution in [1.82, 2.24) is 45.3 Å². The normalized spacial score (nSPS) is 16.2. The summed E-state index contributed by atoms with van der Waals surface area (Å²) >= 11 is 0. The third-order valence-electron chi connectivity index (χ3n) is 18.9. The van der Waals surface area contributed by atoms with Gasteiger partial charge in [0.15, 0.2) is 11.4 Å². The van der Waals surface area contributed by atoms with Gasteiger partial charge in [0.2, 0.25) is 23.4 Å². The molecule has 2 unspecified atom stereocenters. The molecule has 0 aliphatic carbocycles. The minimum atomic E-state index is -4.76. The van der Waals surface area contributed by atoms with Crippen molar-refractivity contribution in [1.29, 1.82) is 0 Å². The Morgan fingerprint density at radius 3 is 2.14 bits per heavy atom. The van der Waals surface area contributed by atoms with E-state index < -0.39 is 121 Å². The van der Waals surface area contributed by atoms with E-state index in [0.29, 0.717) is 89.5 Å². The lowest BCUT2D eigenvalue weighted by Crippen LogP contribution is -2.47. The van der Waals surface area contributed by atoms with Gasteiger partial charge in [-0.2, -0.15) is 29.8 Å². The number of amides is 5. The van der Waals surface area contributed by atoms with Crippen LogP contribution in [0.25, 0.3) is 5.69 Å². The highest BCUT2D eigenvalue weighted by atomic mass is 32.2. The molecule has 0 saturated heterocycles. The zero-order valence-electron chi connectivity index (χ0n) is 63.7. The van der Waals surface area contributed by atoms with Gasteiger partial charge in [-0.05, 0) is 153 Å². The van der Waals surface area contributed by atoms with Crippen molar-refractivity contribution in [2.24, 2.45) is 0 Å². The largest absolute Gasteiger partial charge is 0.748 e. The summed E-state index contributed by atoms with van der Waals surface area (Å²) in [6.07, 6.45) is 13.7. The third kappa shape index (κ3) is 25.2. The van der Waals surface area contributed by atoms with Crippen molar-refractivity contribution in [3.8, 4) is 5.69 Å². The number of aromatic nitrogens is 4. The van der Waals surface area contributed by atoms with Gasteiger partial charge < -0.3 is 54.6 Å². The predicted molar refractivity (Wildman–Crippen MR) is 408 cm³/mol. The molecular formula is C74H96FN11O23S4. The molecular weight excluding hydrogens is 1560 g/mol. The zero-order chi connectivity index (χ0) is 82.9. The molecule has 7 N–H and O–H groups in total. The molecule has 0 radical (unpaired) electrons. The van der Waals surface area contributed by atoms with Crippen LogP contribution in [0.15, 0.2) is 119 Å². The molecule has 2 aromatic heterocycles. The average Bonchev–Trinajstić information content (AvgIpc) is 1.58. The summed E-state index contributed by atoms with van der Waals surface area (Å²) in [6.45, 7) is 10.7. The third-order valence-corrected chi connectivity index (χ3v) is 22.1. The molecule has 2 atom stereocenters.